The van der Waals surface area contributed by atoms with E-state index in [4.69, 9.17) is 4.99 Å². The van der Waals surface area contributed by atoms with Gasteiger partial charge in [0.1, 0.15) is 0 Å². The van der Waals surface area contributed by atoms with Crippen molar-refractivity contribution in [2.45, 2.75) is 45.6 Å². The number of nitrogens with one attached hydrogen (secondary N) is 2. The van der Waals surface area contributed by atoms with E-state index in [0.29, 0.717) is 47.6 Å². The van der Waals surface area contributed by atoms with Gasteiger partial charge in [-0.25, -0.2) is 0 Å². The van der Waals surface area contributed by atoms with E-state index in [2.05, 4.69) is 41.2 Å². The average Bonchev–Trinajstić information content (AvgIpc) is 3.63. The maximum absolute atomic E-state index is 13.2. The lowest BCUT2D eigenvalue weighted by molar-refractivity contribution is 0.0640. The van der Waals surface area contributed by atoms with E-state index < -0.39 is 0 Å². The molecule has 200 valence electrons. The summed E-state index contributed by atoms with van der Waals surface area (Å²) in [4.78, 5) is 50.5. The van der Waals surface area contributed by atoms with Crippen molar-refractivity contribution in [1.29, 1.82) is 0 Å². The van der Waals surface area contributed by atoms with Crippen LogP contribution in [0.4, 0.5) is 11.4 Å². The number of amides is 2. The topological polar surface area (TPSA) is 97.9 Å². The van der Waals surface area contributed by atoms with Crippen molar-refractivity contribution < 1.29 is 9.59 Å². The second-order valence-electron chi connectivity index (χ2n) is 10.8. The number of imide groups is 1. The number of nitrogens with zero attached hydrogens (tertiary/aromatic N) is 3. The smallest absolute Gasteiger partial charge is 0.261 e. The molecular formula is C31H33N5O3. The standard InChI is InChI=1S/C31H33N5O3/c1-19-7-3-4-8-21(19)15-20(2)33-25-9-10-32-29(37)28(25)27-17-22-16-23-24(18-26(22)34-27)31(39)36(30(23)38)14-13-35-11-5-6-12-35/h3-4,7-10,16,18,20H,5-6,11-15,17H2,1-2H3,(H2,32,33,37)/t20-/m0/s1. The lowest BCUT2D eigenvalue weighted by atomic mass is 9.99. The van der Waals surface area contributed by atoms with E-state index in [1.165, 1.54) is 28.9 Å². The van der Waals surface area contributed by atoms with Crippen molar-refractivity contribution in [1.82, 2.24) is 14.8 Å². The van der Waals surface area contributed by atoms with Crippen molar-refractivity contribution in [3.05, 3.63) is 92.4 Å². The minimum absolute atomic E-state index is 0.0848. The number of anilines is 1. The Morgan fingerprint density at radius 1 is 1.00 bits per heavy atom. The summed E-state index contributed by atoms with van der Waals surface area (Å²) in [7, 11) is 0. The molecule has 0 aliphatic carbocycles. The van der Waals surface area contributed by atoms with Crippen LogP contribution < -0.4 is 10.9 Å². The second kappa shape index (κ2) is 10.3. The normalized spacial score (nSPS) is 17.4. The molecular weight excluding hydrogens is 490 g/mol. The molecule has 1 saturated heterocycles. The SMILES string of the molecule is Cc1ccccc1C[C@H](C)Nc1cc[nH]c(=O)c1C1=Nc2cc3c(cc2C1)C(=O)N(CCN1CCCC1)C3=O. The van der Waals surface area contributed by atoms with E-state index in [-0.39, 0.29) is 23.4 Å². The van der Waals surface area contributed by atoms with E-state index in [1.807, 2.05) is 18.2 Å². The van der Waals surface area contributed by atoms with Gasteiger partial charge < -0.3 is 15.2 Å². The first-order valence-corrected chi connectivity index (χ1v) is 13.7. The number of likely N-dealkylation sites (tertiary alicyclic amines) is 1. The van der Waals surface area contributed by atoms with E-state index in [9.17, 15) is 14.4 Å². The van der Waals surface area contributed by atoms with Gasteiger partial charge in [0.15, 0.2) is 0 Å². The first-order valence-electron chi connectivity index (χ1n) is 13.7. The molecule has 8 nitrogen and oxygen atoms in total. The Kier molecular flexibility index (Phi) is 6.64. The molecule has 0 radical (unpaired) electrons. The summed E-state index contributed by atoms with van der Waals surface area (Å²) in [5.41, 5.74) is 6.46. The Hall–Kier alpha value is -4.04. The first kappa shape index (κ1) is 25.2. The van der Waals surface area contributed by atoms with E-state index in [1.54, 1.807) is 18.3 Å². The van der Waals surface area contributed by atoms with Crippen LogP contribution in [0.3, 0.4) is 0 Å². The van der Waals surface area contributed by atoms with E-state index >= 15 is 0 Å². The number of pyridine rings is 1. The van der Waals surface area contributed by atoms with Gasteiger partial charge in [0.05, 0.1) is 33.8 Å². The summed E-state index contributed by atoms with van der Waals surface area (Å²) < 4.78 is 0. The van der Waals surface area contributed by atoms with Gasteiger partial charge in [0.25, 0.3) is 17.4 Å². The molecule has 2 aromatic carbocycles. The van der Waals surface area contributed by atoms with Gasteiger partial charge in [-0.1, -0.05) is 24.3 Å². The second-order valence-corrected chi connectivity index (χ2v) is 10.8. The van der Waals surface area contributed by atoms with Crippen LogP contribution in [-0.2, 0) is 12.8 Å². The summed E-state index contributed by atoms with van der Waals surface area (Å²) in [5, 5.41) is 3.51. The number of benzene rings is 2. The molecule has 3 aliphatic rings. The molecule has 0 spiro atoms. The molecule has 3 aliphatic heterocycles. The number of H-pyrrole nitrogens is 1. The van der Waals surface area contributed by atoms with Crippen LogP contribution in [0.15, 0.2) is 58.4 Å². The zero-order valence-electron chi connectivity index (χ0n) is 22.4. The molecule has 1 aromatic heterocycles. The molecule has 1 fully saturated rings. The Labute approximate surface area is 227 Å². The minimum Gasteiger partial charge on any atom is -0.382 e. The maximum Gasteiger partial charge on any atom is 0.261 e. The third-order valence-corrected chi connectivity index (χ3v) is 8.06. The summed E-state index contributed by atoms with van der Waals surface area (Å²) in [5.74, 6) is -0.499. The van der Waals surface area contributed by atoms with Crippen LogP contribution in [0.5, 0.6) is 0 Å². The van der Waals surface area contributed by atoms with Crippen molar-refractivity contribution in [3.8, 4) is 0 Å². The number of aliphatic imine (C=N–C) groups is 1. The molecule has 6 rings (SSSR count). The number of carbonyl (C=O) groups excluding carboxylic acids is 2. The lowest BCUT2D eigenvalue weighted by Gasteiger charge is -2.19. The number of aromatic nitrogens is 1. The molecule has 3 aromatic rings. The van der Waals surface area contributed by atoms with Gasteiger partial charge in [-0.05, 0) is 81.1 Å². The number of hydrogen-bond acceptors (Lipinski definition) is 6. The molecule has 2 amide bonds. The van der Waals surface area contributed by atoms with Gasteiger partial charge in [0.2, 0.25) is 0 Å². The molecule has 8 heteroatoms. The summed E-state index contributed by atoms with van der Waals surface area (Å²) in [6, 6.07) is 13.8. The number of carbonyl (C=O) groups is 2. The molecule has 0 unspecified atom stereocenters. The fourth-order valence-electron chi connectivity index (χ4n) is 5.95. The predicted molar refractivity (Wildman–Crippen MR) is 152 cm³/mol. The number of aryl methyl sites for hydroxylation is 1. The quantitative estimate of drug-likeness (QED) is 0.434. The van der Waals surface area contributed by atoms with Crippen molar-refractivity contribution in [2.75, 3.05) is 31.5 Å². The molecule has 0 saturated carbocycles. The predicted octanol–water partition coefficient (Wildman–Crippen LogP) is 4.10. The fourth-order valence-corrected chi connectivity index (χ4v) is 5.95. The summed E-state index contributed by atoms with van der Waals surface area (Å²) in [6.45, 7) is 7.36. The van der Waals surface area contributed by atoms with Crippen molar-refractivity contribution in [3.63, 3.8) is 0 Å². The third kappa shape index (κ3) is 4.81. The van der Waals surface area contributed by atoms with Crippen LogP contribution in [0.1, 0.15) is 62.7 Å². The van der Waals surface area contributed by atoms with Gasteiger partial charge in [0, 0.05) is 31.7 Å². The molecule has 2 N–H and O–H groups in total. The molecule has 4 heterocycles. The fraction of sp³-hybridized carbons (Fsp3) is 0.355. The molecule has 39 heavy (non-hydrogen) atoms. The van der Waals surface area contributed by atoms with Crippen LogP contribution in [0.2, 0.25) is 0 Å². The Balaban J connectivity index is 1.23. The zero-order valence-corrected chi connectivity index (χ0v) is 22.4. The number of fused-ring (bicyclic) bond motifs is 2. The lowest BCUT2D eigenvalue weighted by Crippen LogP contribution is -2.37. The van der Waals surface area contributed by atoms with Crippen LogP contribution >= 0.6 is 0 Å². The maximum atomic E-state index is 13.2. The third-order valence-electron chi connectivity index (χ3n) is 8.06. The largest absolute Gasteiger partial charge is 0.382 e. The highest BCUT2D eigenvalue weighted by Gasteiger charge is 2.37. The van der Waals surface area contributed by atoms with Crippen molar-refractivity contribution in [2.24, 2.45) is 4.99 Å². The van der Waals surface area contributed by atoms with Crippen LogP contribution in [0, 0.1) is 6.92 Å². The Morgan fingerprint density at radius 3 is 2.51 bits per heavy atom. The Bertz CT molecular complexity index is 1550. The first-order chi connectivity index (χ1) is 18.9. The van der Waals surface area contributed by atoms with Crippen LogP contribution in [-0.4, -0.2) is 64.5 Å². The van der Waals surface area contributed by atoms with Crippen molar-refractivity contribution >= 4 is 28.9 Å². The van der Waals surface area contributed by atoms with Gasteiger partial charge >= 0.3 is 0 Å². The van der Waals surface area contributed by atoms with Gasteiger partial charge in [-0.3, -0.25) is 24.3 Å². The number of rotatable bonds is 8. The summed E-state index contributed by atoms with van der Waals surface area (Å²) >= 11 is 0. The monoisotopic (exact) mass is 523 g/mol. The van der Waals surface area contributed by atoms with Gasteiger partial charge in [-0.2, -0.15) is 0 Å². The number of hydrogen-bond donors (Lipinski definition) is 2. The molecule has 0 bridgehead atoms. The van der Waals surface area contributed by atoms with Crippen LogP contribution in [0.25, 0.3) is 0 Å². The average molecular weight is 524 g/mol. The van der Waals surface area contributed by atoms with Gasteiger partial charge in [-0.15, -0.1) is 0 Å². The summed E-state index contributed by atoms with van der Waals surface area (Å²) in [6.07, 6.45) is 5.22. The highest BCUT2D eigenvalue weighted by molar-refractivity contribution is 6.22. The highest BCUT2D eigenvalue weighted by Crippen LogP contribution is 2.36. The number of aromatic amines is 1. The zero-order chi connectivity index (χ0) is 27.1. The Morgan fingerprint density at radius 2 is 1.74 bits per heavy atom. The highest BCUT2D eigenvalue weighted by atomic mass is 16.2. The molecule has 1 atom stereocenters. The minimum atomic E-state index is -0.259. The van der Waals surface area contributed by atoms with E-state index in [0.717, 1.165) is 30.8 Å².